The number of nitrogens with two attached hydrogens (primary N) is 1. The molecular weight excluding hydrogens is 273 g/mol. The summed E-state index contributed by atoms with van der Waals surface area (Å²) in [5.41, 5.74) is 6.26. The fourth-order valence-electron chi connectivity index (χ4n) is 1.50. The molecule has 0 amide bonds. The van der Waals surface area contributed by atoms with Crippen molar-refractivity contribution < 1.29 is 9.31 Å². The summed E-state index contributed by atoms with van der Waals surface area (Å²) >= 11 is 5.93. The number of nitrogens with one attached hydrogen (secondary N) is 1. The smallest absolute Gasteiger partial charge is 0.272 e. The summed E-state index contributed by atoms with van der Waals surface area (Å²) in [6.45, 7) is 0. The zero-order valence-corrected chi connectivity index (χ0v) is 10.3. The predicted octanol–water partition coefficient (Wildman–Crippen LogP) is 3.71. The fraction of sp³-hybridized carbons (Fsp3) is 0. The summed E-state index contributed by atoms with van der Waals surface area (Å²) in [5, 5.41) is 13.6. The molecule has 19 heavy (non-hydrogen) atoms. The Labute approximate surface area is 113 Å². The lowest BCUT2D eigenvalue weighted by atomic mass is 10.2. The van der Waals surface area contributed by atoms with Gasteiger partial charge in [-0.1, -0.05) is 11.6 Å². The molecule has 5 nitrogen and oxygen atoms in total. The second kappa shape index (κ2) is 5.11. The van der Waals surface area contributed by atoms with Gasteiger partial charge in [0, 0.05) is 11.8 Å². The minimum absolute atomic E-state index is 0.0816. The number of nitro benzene ring substituents is 1. The first-order valence-corrected chi connectivity index (χ1v) is 5.61. The molecule has 0 heterocycles. The Morgan fingerprint density at radius 1 is 1.21 bits per heavy atom. The fourth-order valence-corrected chi connectivity index (χ4v) is 1.67. The maximum absolute atomic E-state index is 13.7. The van der Waals surface area contributed by atoms with Crippen molar-refractivity contribution in [2.45, 2.75) is 0 Å². The number of nitrogens with zero attached hydrogens (tertiary/aromatic N) is 1. The lowest BCUT2D eigenvalue weighted by Crippen LogP contribution is -1.97. The monoisotopic (exact) mass is 281 g/mol. The molecule has 3 N–H and O–H groups in total. The molecule has 0 bridgehead atoms. The molecule has 0 aromatic heterocycles. The minimum atomic E-state index is -0.743. The SMILES string of the molecule is Nc1ccc(Cl)c(Nc2ccc([N+](=O)[O-])cc2F)c1. The van der Waals surface area contributed by atoms with Crippen LogP contribution in [-0.2, 0) is 0 Å². The minimum Gasteiger partial charge on any atom is -0.399 e. The third-order valence-corrected chi connectivity index (χ3v) is 2.75. The summed E-state index contributed by atoms with van der Waals surface area (Å²) in [6, 6.07) is 8.03. The number of hydrogen-bond donors (Lipinski definition) is 2. The van der Waals surface area contributed by atoms with Gasteiger partial charge in [-0.2, -0.15) is 0 Å². The van der Waals surface area contributed by atoms with E-state index < -0.39 is 10.7 Å². The van der Waals surface area contributed by atoms with Crippen molar-refractivity contribution in [3.05, 3.63) is 57.4 Å². The molecule has 0 unspecified atom stereocenters. The molecule has 2 aromatic rings. The normalized spacial score (nSPS) is 10.2. The van der Waals surface area contributed by atoms with Crippen molar-refractivity contribution in [1.29, 1.82) is 0 Å². The van der Waals surface area contributed by atoms with E-state index in [0.29, 0.717) is 16.4 Å². The van der Waals surface area contributed by atoms with E-state index in [4.69, 9.17) is 17.3 Å². The molecule has 2 rings (SSSR count). The van der Waals surface area contributed by atoms with Gasteiger partial charge in [0.25, 0.3) is 5.69 Å². The predicted molar refractivity (Wildman–Crippen MR) is 72.2 cm³/mol. The molecule has 7 heteroatoms. The third-order valence-electron chi connectivity index (χ3n) is 2.42. The molecule has 0 spiro atoms. The molecule has 0 atom stereocenters. The molecule has 0 saturated carbocycles. The van der Waals surface area contributed by atoms with Crippen LogP contribution in [0.3, 0.4) is 0 Å². The Balaban J connectivity index is 2.33. The second-order valence-electron chi connectivity index (χ2n) is 3.79. The van der Waals surface area contributed by atoms with E-state index in [0.717, 1.165) is 6.07 Å². The van der Waals surface area contributed by atoms with Gasteiger partial charge < -0.3 is 11.1 Å². The zero-order valence-electron chi connectivity index (χ0n) is 9.56. The third kappa shape index (κ3) is 2.92. The first-order valence-electron chi connectivity index (χ1n) is 5.23. The van der Waals surface area contributed by atoms with E-state index >= 15 is 0 Å². The van der Waals surface area contributed by atoms with Gasteiger partial charge >= 0.3 is 0 Å². The quantitative estimate of drug-likeness (QED) is 0.510. The van der Waals surface area contributed by atoms with Crippen LogP contribution >= 0.6 is 11.6 Å². The molecule has 2 aromatic carbocycles. The molecule has 0 saturated heterocycles. The highest BCUT2D eigenvalue weighted by Crippen LogP contribution is 2.29. The molecule has 0 radical (unpaired) electrons. The summed E-state index contributed by atoms with van der Waals surface area (Å²) in [6.07, 6.45) is 0. The highest BCUT2D eigenvalue weighted by Gasteiger charge is 2.11. The molecule has 0 aliphatic rings. The van der Waals surface area contributed by atoms with Crippen LogP contribution < -0.4 is 11.1 Å². The first-order chi connectivity index (χ1) is 8.97. The van der Waals surface area contributed by atoms with Crippen LogP contribution in [0, 0.1) is 15.9 Å². The summed E-state index contributed by atoms with van der Waals surface area (Å²) in [5.74, 6) is -0.743. The van der Waals surface area contributed by atoms with Crippen LogP contribution in [0.5, 0.6) is 0 Å². The summed E-state index contributed by atoms with van der Waals surface area (Å²) in [4.78, 5) is 9.84. The van der Waals surface area contributed by atoms with E-state index in [-0.39, 0.29) is 11.4 Å². The number of benzene rings is 2. The van der Waals surface area contributed by atoms with Crippen LogP contribution in [0.25, 0.3) is 0 Å². The Bertz CT molecular complexity index is 649. The Morgan fingerprint density at radius 2 is 1.95 bits per heavy atom. The maximum atomic E-state index is 13.7. The maximum Gasteiger partial charge on any atom is 0.272 e. The largest absolute Gasteiger partial charge is 0.399 e. The van der Waals surface area contributed by atoms with Gasteiger partial charge in [0.1, 0.15) is 0 Å². The van der Waals surface area contributed by atoms with E-state index in [1.54, 1.807) is 18.2 Å². The van der Waals surface area contributed by atoms with Gasteiger partial charge in [0.15, 0.2) is 5.82 Å². The van der Waals surface area contributed by atoms with Crippen molar-refractivity contribution >= 4 is 34.4 Å². The van der Waals surface area contributed by atoms with E-state index in [1.807, 2.05) is 0 Å². The molecule has 0 aliphatic carbocycles. The van der Waals surface area contributed by atoms with Crippen molar-refractivity contribution in [2.24, 2.45) is 0 Å². The number of halogens is 2. The standard InChI is InChI=1S/C12H9ClFN3O2/c13-9-3-1-7(15)5-12(9)16-11-4-2-8(17(18)19)6-10(11)14/h1-6,16H,15H2. The average molecular weight is 282 g/mol. The van der Waals surface area contributed by atoms with Crippen molar-refractivity contribution in [3.8, 4) is 0 Å². The van der Waals surface area contributed by atoms with Gasteiger partial charge in [-0.15, -0.1) is 0 Å². The Kier molecular flexibility index (Phi) is 3.52. The van der Waals surface area contributed by atoms with Crippen LogP contribution in [0.2, 0.25) is 5.02 Å². The van der Waals surface area contributed by atoms with Gasteiger partial charge in [0.2, 0.25) is 0 Å². The van der Waals surface area contributed by atoms with Crippen molar-refractivity contribution in [1.82, 2.24) is 0 Å². The molecular formula is C12H9ClFN3O2. The highest BCUT2D eigenvalue weighted by atomic mass is 35.5. The van der Waals surface area contributed by atoms with Crippen molar-refractivity contribution in [2.75, 3.05) is 11.1 Å². The highest BCUT2D eigenvalue weighted by molar-refractivity contribution is 6.33. The van der Waals surface area contributed by atoms with Crippen LogP contribution in [0.4, 0.5) is 27.1 Å². The number of nitrogen functional groups attached to an aromatic ring is 1. The van der Waals surface area contributed by atoms with E-state index in [9.17, 15) is 14.5 Å². The number of nitro groups is 1. The second-order valence-corrected chi connectivity index (χ2v) is 4.19. The zero-order chi connectivity index (χ0) is 14.0. The average Bonchev–Trinajstić information content (AvgIpc) is 2.36. The number of rotatable bonds is 3. The van der Waals surface area contributed by atoms with Gasteiger partial charge in [-0.25, -0.2) is 4.39 Å². The van der Waals surface area contributed by atoms with E-state index in [1.165, 1.54) is 12.1 Å². The molecule has 0 aliphatic heterocycles. The topological polar surface area (TPSA) is 81.2 Å². The van der Waals surface area contributed by atoms with Gasteiger partial charge in [-0.3, -0.25) is 10.1 Å². The number of hydrogen-bond acceptors (Lipinski definition) is 4. The molecule has 98 valence electrons. The summed E-state index contributed by atoms with van der Waals surface area (Å²) in [7, 11) is 0. The van der Waals surface area contributed by atoms with E-state index in [2.05, 4.69) is 5.32 Å². The van der Waals surface area contributed by atoms with Gasteiger partial charge in [0.05, 0.1) is 27.4 Å². The Hall–Kier alpha value is -2.34. The number of anilines is 3. The van der Waals surface area contributed by atoms with Crippen LogP contribution in [-0.4, -0.2) is 4.92 Å². The Morgan fingerprint density at radius 3 is 2.58 bits per heavy atom. The molecule has 0 fully saturated rings. The lowest BCUT2D eigenvalue weighted by Gasteiger charge is -2.09. The van der Waals surface area contributed by atoms with Crippen molar-refractivity contribution in [3.63, 3.8) is 0 Å². The van der Waals surface area contributed by atoms with Crippen LogP contribution in [0.15, 0.2) is 36.4 Å². The lowest BCUT2D eigenvalue weighted by molar-refractivity contribution is -0.385. The first kappa shape index (κ1) is 13.1. The number of non-ortho nitro benzene ring substituents is 1. The van der Waals surface area contributed by atoms with Gasteiger partial charge in [-0.05, 0) is 24.3 Å². The van der Waals surface area contributed by atoms with Crippen LogP contribution in [0.1, 0.15) is 0 Å². The summed E-state index contributed by atoms with van der Waals surface area (Å²) < 4.78 is 13.7.